The number of fused-ring (bicyclic) bond motifs is 3. The summed E-state index contributed by atoms with van der Waals surface area (Å²) in [7, 11) is -2.10. The molecule has 2 heterocycles. The molecule has 11 heteroatoms. The van der Waals surface area contributed by atoms with Gasteiger partial charge in [-0.15, -0.1) is 0 Å². The number of carbonyl (C=O) groups excluding carboxylic acids is 1. The monoisotopic (exact) mass is 525 g/mol. The van der Waals surface area contributed by atoms with Crippen molar-refractivity contribution in [3.8, 4) is 5.75 Å². The van der Waals surface area contributed by atoms with Crippen molar-refractivity contribution in [2.75, 3.05) is 38.7 Å². The van der Waals surface area contributed by atoms with Crippen LogP contribution < -0.4 is 15.4 Å². The third-order valence-electron chi connectivity index (χ3n) is 5.90. The van der Waals surface area contributed by atoms with Crippen molar-refractivity contribution in [3.05, 3.63) is 66.2 Å². The Balaban J connectivity index is 1.30. The van der Waals surface area contributed by atoms with Crippen molar-refractivity contribution >= 4 is 60.9 Å². The molecule has 0 aliphatic carbocycles. The number of para-hydroxylation sites is 1. The van der Waals surface area contributed by atoms with Crippen LogP contribution in [0.5, 0.6) is 5.75 Å². The van der Waals surface area contributed by atoms with Gasteiger partial charge in [-0.25, -0.2) is 8.42 Å². The number of morpholine rings is 1. The number of carbonyl (C=O) groups is 1. The van der Waals surface area contributed by atoms with Crippen LogP contribution in [0.2, 0.25) is 0 Å². The fraction of sp³-hybridized carbons (Fsp3) is 0.200. The summed E-state index contributed by atoms with van der Waals surface area (Å²) < 4.78 is 43.6. The lowest BCUT2D eigenvalue weighted by Gasteiger charge is -2.26. The second kappa shape index (κ2) is 9.86. The van der Waals surface area contributed by atoms with Gasteiger partial charge in [-0.1, -0.05) is 18.2 Å². The molecule has 1 amide bonds. The standard InChI is InChI=1S/C25H23N3O6S2/c1-32-23-14-19-18-4-2-3-5-21(18)34-22(19)15-20(23)26-25(35)27-24(29)16-6-8-17(9-7-16)36(30,31)28-10-12-33-13-11-28/h2-9,14-15H,10-13H2,1H3,(H2,26,27,29,35). The van der Waals surface area contributed by atoms with E-state index in [2.05, 4.69) is 10.6 Å². The molecule has 1 aliphatic rings. The number of nitrogens with one attached hydrogen (secondary N) is 2. The van der Waals surface area contributed by atoms with Gasteiger partial charge in [0.15, 0.2) is 5.11 Å². The van der Waals surface area contributed by atoms with Crippen molar-refractivity contribution in [1.82, 2.24) is 9.62 Å². The number of hydrogen-bond acceptors (Lipinski definition) is 7. The van der Waals surface area contributed by atoms with Gasteiger partial charge in [-0.3, -0.25) is 10.1 Å². The third-order valence-corrected chi connectivity index (χ3v) is 8.02. The quantitative estimate of drug-likeness (QED) is 0.379. The molecule has 4 aromatic rings. The van der Waals surface area contributed by atoms with E-state index in [1.54, 1.807) is 13.2 Å². The number of thiocarbonyl (C=S) groups is 1. The highest BCUT2D eigenvalue weighted by Crippen LogP contribution is 2.36. The summed E-state index contributed by atoms with van der Waals surface area (Å²) in [5.74, 6) is 0.0509. The first-order chi connectivity index (χ1) is 17.4. The Bertz CT molecular complexity index is 1560. The maximum atomic E-state index is 12.8. The average Bonchev–Trinajstić information content (AvgIpc) is 3.26. The summed E-state index contributed by atoms with van der Waals surface area (Å²) >= 11 is 5.33. The van der Waals surface area contributed by atoms with Gasteiger partial charge in [0.2, 0.25) is 10.0 Å². The first-order valence-electron chi connectivity index (χ1n) is 11.2. The van der Waals surface area contributed by atoms with Crippen molar-refractivity contribution in [3.63, 3.8) is 0 Å². The molecule has 0 spiro atoms. The van der Waals surface area contributed by atoms with E-state index in [0.29, 0.717) is 43.3 Å². The van der Waals surface area contributed by atoms with Gasteiger partial charge in [-0.05, 0) is 48.6 Å². The molecule has 3 aromatic carbocycles. The van der Waals surface area contributed by atoms with Gasteiger partial charge in [0, 0.05) is 35.5 Å². The summed E-state index contributed by atoms with van der Waals surface area (Å²) in [5, 5.41) is 7.51. The van der Waals surface area contributed by atoms with Crippen molar-refractivity contribution < 1.29 is 27.1 Å². The van der Waals surface area contributed by atoms with E-state index in [4.69, 9.17) is 26.1 Å². The highest BCUT2D eigenvalue weighted by atomic mass is 32.2. The van der Waals surface area contributed by atoms with Crippen LogP contribution in [0.1, 0.15) is 10.4 Å². The maximum absolute atomic E-state index is 12.8. The van der Waals surface area contributed by atoms with Crippen LogP contribution in [0, 0.1) is 0 Å². The third kappa shape index (κ3) is 4.65. The summed E-state index contributed by atoms with van der Waals surface area (Å²) in [6, 6.07) is 17.0. The number of methoxy groups -OCH3 is 1. The molecule has 0 bridgehead atoms. The van der Waals surface area contributed by atoms with Crippen molar-refractivity contribution in [2.24, 2.45) is 0 Å². The molecule has 36 heavy (non-hydrogen) atoms. The summed E-state index contributed by atoms with van der Waals surface area (Å²) in [5.41, 5.74) is 2.19. The van der Waals surface area contributed by atoms with Gasteiger partial charge in [0.25, 0.3) is 5.91 Å². The Labute approximate surface area is 213 Å². The smallest absolute Gasteiger partial charge is 0.257 e. The minimum atomic E-state index is -3.64. The van der Waals surface area contributed by atoms with Crippen LogP contribution in [-0.4, -0.2) is 57.2 Å². The maximum Gasteiger partial charge on any atom is 0.257 e. The molecule has 2 N–H and O–H groups in total. The molecule has 1 saturated heterocycles. The molecule has 0 radical (unpaired) electrons. The Kier molecular flexibility index (Phi) is 6.63. The number of nitrogens with zero attached hydrogens (tertiary/aromatic N) is 1. The minimum Gasteiger partial charge on any atom is -0.495 e. The Morgan fingerprint density at radius 3 is 2.44 bits per heavy atom. The van der Waals surface area contributed by atoms with Crippen LogP contribution in [-0.2, 0) is 14.8 Å². The van der Waals surface area contributed by atoms with Crippen molar-refractivity contribution in [1.29, 1.82) is 0 Å². The zero-order chi connectivity index (χ0) is 25.3. The molecule has 0 unspecified atom stereocenters. The second-order valence-corrected chi connectivity index (χ2v) is 10.4. The molecular formula is C25H23N3O6S2. The predicted octanol–water partition coefficient (Wildman–Crippen LogP) is 3.74. The van der Waals surface area contributed by atoms with E-state index >= 15 is 0 Å². The van der Waals surface area contributed by atoms with Gasteiger partial charge in [0.05, 0.1) is 30.9 Å². The Morgan fingerprint density at radius 1 is 1.00 bits per heavy atom. The van der Waals surface area contributed by atoms with E-state index in [1.807, 2.05) is 30.3 Å². The largest absolute Gasteiger partial charge is 0.495 e. The highest BCUT2D eigenvalue weighted by Gasteiger charge is 2.26. The number of amides is 1. The Hall–Kier alpha value is -3.51. The number of sulfonamides is 1. The lowest BCUT2D eigenvalue weighted by atomic mass is 10.1. The fourth-order valence-corrected chi connectivity index (χ4v) is 5.67. The van der Waals surface area contributed by atoms with E-state index in [0.717, 1.165) is 16.4 Å². The van der Waals surface area contributed by atoms with E-state index in [1.165, 1.54) is 28.6 Å². The number of furan rings is 1. The summed E-state index contributed by atoms with van der Waals surface area (Å²) in [6.45, 7) is 1.32. The normalized spacial score (nSPS) is 14.6. The minimum absolute atomic E-state index is 0.0544. The van der Waals surface area contributed by atoms with E-state index in [-0.39, 0.29) is 15.6 Å². The number of rotatable bonds is 5. The second-order valence-electron chi connectivity index (χ2n) is 8.10. The summed E-state index contributed by atoms with van der Waals surface area (Å²) in [4.78, 5) is 12.8. The zero-order valence-electron chi connectivity index (χ0n) is 19.3. The molecule has 1 aromatic heterocycles. The van der Waals surface area contributed by atoms with Crippen LogP contribution in [0.15, 0.2) is 70.0 Å². The molecule has 186 valence electrons. The molecule has 0 saturated carbocycles. The number of hydrogen-bond donors (Lipinski definition) is 2. The average molecular weight is 526 g/mol. The SMILES string of the molecule is COc1cc2c(cc1NC(=S)NC(=O)c1ccc(S(=O)(=O)N3CCOCC3)cc1)oc1ccccc12. The zero-order valence-corrected chi connectivity index (χ0v) is 20.9. The number of ether oxygens (including phenoxy) is 2. The van der Waals surface area contributed by atoms with Gasteiger partial charge in [-0.2, -0.15) is 4.31 Å². The van der Waals surface area contributed by atoms with Gasteiger partial charge >= 0.3 is 0 Å². The molecular weight excluding hydrogens is 502 g/mol. The van der Waals surface area contributed by atoms with Gasteiger partial charge < -0.3 is 19.2 Å². The lowest BCUT2D eigenvalue weighted by Crippen LogP contribution is -2.40. The van der Waals surface area contributed by atoms with Crippen LogP contribution in [0.25, 0.3) is 21.9 Å². The van der Waals surface area contributed by atoms with E-state index in [9.17, 15) is 13.2 Å². The fourth-order valence-electron chi connectivity index (χ4n) is 4.06. The number of anilines is 1. The first-order valence-corrected chi connectivity index (χ1v) is 13.0. The predicted molar refractivity (Wildman–Crippen MR) is 140 cm³/mol. The highest BCUT2D eigenvalue weighted by molar-refractivity contribution is 7.89. The van der Waals surface area contributed by atoms with Crippen LogP contribution >= 0.6 is 12.2 Å². The lowest BCUT2D eigenvalue weighted by molar-refractivity contribution is 0.0730. The molecule has 0 atom stereocenters. The van der Waals surface area contributed by atoms with Crippen LogP contribution in [0.4, 0.5) is 5.69 Å². The number of benzene rings is 3. The molecule has 5 rings (SSSR count). The van der Waals surface area contributed by atoms with Crippen molar-refractivity contribution in [2.45, 2.75) is 4.90 Å². The van der Waals surface area contributed by atoms with Crippen LogP contribution in [0.3, 0.4) is 0 Å². The Morgan fingerprint density at radius 2 is 1.72 bits per heavy atom. The molecule has 9 nitrogen and oxygen atoms in total. The first kappa shape index (κ1) is 24.2. The van der Waals surface area contributed by atoms with E-state index < -0.39 is 15.9 Å². The topological polar surface area (TPSA) is 110 Å². The molecule has 1 fully saturated rings. The molecule has 1 aliphatic heterocycles. The summed E-state index contributed by atoms with van der Waals surface area (Å²) in [6.07, 6.45) is 0. The van der Waals surface area contributed by atoms with Gasteiger partial charge in [0.1, 0.15) is 16.9 Å².